The first-order valence-electron chi connectivity index (χ1n) is 9.20. The molecule has 1 fully saturated rings. The second-order valence-electron chi connectivity index (χ2n) is 6.57. The van der Waals surface area contributed by atoms with E-state index in [9.17, 15) is 5.11 Å². The summed E-state index contributed by atoms with van der Waals surface area (Å²) in [6, 6.07) is 9.57. The molecule has 0 aliphatic carbocycles. The number of guanidine groups is 1. The molecule has 1 aliphatic heterocycles. The minimum absolute atomic E-state index is 0. The van der Waals surface area contributed by atoms with E-state index in [4.69, 9.17) is 9.41 Å². The number of nitrogens with zero attached hydrogens (tertiary/aromatic N) is 3. The largest absolute Gasteiger partial charge is 0.506 e. The number of phenols is 1. The average molecular weight is 484 g/mol. The number of aliphatic imine (C=N–C) groups is 1. The fourth-order valence-corrected chi connectivity index (χ4v) is 3.32. The minimum Gasteiger partial charge on any atom is -0.506 e. The van der Waals surface area contributed by atoms with Gasteiger partial charge in [-0.25, -0.2) is 4.99 Å². The molecule has 0 unspecified atom stereocenters. The maximum atomic E-state index is 10.1. The Hall–Kier alpha value is -1.90. The van der Waals surface area contributed by atoms with Crippen LogP contribution in [-0.4, -0.2) is 48.7 Å². The summed E-state index contributed by atoms with van der Waals surface area (Å²) in [7, 11) is 0. The lowest BCUT2D eigenvalue weighted by atomic mass is 10.2. The van der Waals surface area contributed by atoms with Crippen LogP contribution in [0.2, 0.25) is 0 Å². The van der Waals surface area contributed by atoms with Crippen molar-refractivity contribution in [3.8, 4) is 5.75 Å². The molecule has 6 nitrogen and oxygen atoms in total. The van der Waals surface area contributed by atoms with E-state index in [0.29, 0.717) is 12.3 Å². The van der Waals surface area contributed by atoms with Crippen LogP contribution in [-0.2, 0) is 6.54 Å². The SMILES string of the molecule is CCNC(=NCc1cc(C)oc1C)N1CCN(c2ccccc2O)CC1.I. The van der Waals surface area contributed by atoms with Crippen LogP contribution in [0.5, 0.6) is 5.75 Å². The van der Waals surface area contributed by atoms with Gasteiger partial charge in [-0.05, 0) is 39.0 Å². The molecule has 0 spiro atoms. The Bertz CT molecular complexity index is 767. The van der Waals surface area contributed by atoms with E-state index in [0.717, 1.165) is 61.5 Å². The van der Waals surface area contributed by atoms with Gasteiger partial charge in [0.15, 0.2) is 5.96 Å². The number of aryl methyl sites for hydroxylation is 2. The first-order chi connectivity index (χ1) is 12.6. The Kier molecular flexibility index (Phi) is 7.82. The lowest BCUT2D eigenvalue weighted by molar-refractivity contribution is 0.369. The lowest BCUT2D eigenvalue weighted by Crippen LogP contribution is -2.52. The Morgan fingerprint density at radius 3 is 2.48 bits per heavy atom. The number of benzene rings is 1. The predicted molar refractivity (Wildman–Crippen MR) is 120 cm³/mol. The van der Waals surface area contributed by atoms with Crippen LogP contribution in [0.3, 0.4) is 0 Å². The molecule has 7 heteroatoms. The van der Waals surface area contributed by atoms with Crippen molar-refractivity contribution < 1.29 is 9.52 Å². The van der Waals surface area contributed by atoms with Crippen LogP contribution in [0.4, 0.5) is 5.69 Å². The van der Waals surface area contributed by atoms with Crippen molar-refractivity contribution in [3.63, 3.8) is 0 Å². The van der Waals surface area contributed by atoms with Crippen molar-refractivity contribution in [2.45, 2.75) is 27.3 Å². The van der Waals surface area contributed by atoms with Gasteiger partial charge in [-0.1, -0.05) is 12.1 Å². The van der Waals surface area contributed by atoms with Gasteiger partial charge >= 0.3 is 0 Å². The summed E-state index contributed by atoms with van der Waals surface area (Å²) >= 11 is 0. The van der Waals surface area contributed by atoms with E-state index < -0.39 is 0 Å². The Labute approximate surface area is 178 Å². The molecule has 1 aromatic carbocycles. The molecule has 1 saturated heterocycles. The smallest absolute Gasteiger partial charge is 0.194 e. The lowest BCUT2D eigenvalue weighted by Gasteiger charge is -2.37. The van der Waals surface area contributed by atoms with Crippen LogP contribution >= 0.6 is 24.0 Å². The van der Waals surface area contributed by atoms with Crippen LogP contribution in [0.25, 0.3) is 0 Å². The summed E-state index contributed by atoms with van der Waals surface area (Å²) in [6.45, 7) is 10.9. The van der Waals surface area contributed by atoms with E-state index in [-0.39, 0.29) is 24.0 Å². The number of anilines is 1. The minimum atomic E-state index is 0. The maximum absolute atomic E-state index is 10.1. The molecule has 0 atom stereocenters. The summed E-state index contributed by atoms with van der Waals surface area (Å²) in [6.07, 6.45) is 0. The van der Waals surface area contributed by atoms with E-state index >= 15 is 0 Å². The van der Waals surface area contributed by atoms with Gasteiger partial charge in [0.25, 0.3) is 0 Å². The average Bonchev–Trinajstić information content (AvgIpc) is 2.96. The van der Waals surface area contributed by atoms with Crippen molar-refractivity contribution in [2.24, 2.45) is 4.99 Å². The number of hydrogen-bond donors (Lipinski definition) is 2. The van der Waals surface area contributed by atoms with Gasteiger partial charge in [0.1, 0.15) is 17.3 Å². The fourth-order valence-electron chi connectivity index (χ4n) is 3.32. The summed E-state index contributed by atoms with van der Waals surface area (Å²) in [4.78, 5) is 9.30. The van der Waals surface area contributed by atoms with Gasteiger partial charge in [0, 0.05) is 38.3 Å². The summed E-state index contributed by atoms with van der Waals surface area (Å²) in [5.41, 5.74) is 2.03. The number of phenolic OH excluding ortho intramolecular Hbond substituents is 1. The number of rotatable bonds is 4. The first-order valence-corrected chi connectivity index (χ1v) is 9.20. The van der Waals surface area contributed by atoms with Gasteiger partial charge in [0.2, 0.25) is 0 Å². The van der Waals surface area contributed by atoms with Crippen molar-refractivity contribution in [1.29, 1.82) is 0 Å². The molecule has 0 bridgehead atoms. The van der Waals surface area contributed by atoms with Gasteiger partial charge in [-0.2, -0.15) is 0 Å². The Balaban J connectivity index is 0.00000261. The van der Waals surface area contributed by atoms with Crippen LogP contribution in [0, 0.1) is 13.8 Å². The fraction of sp³-hybridized carbons (Fsp3) is 0.450. The highest BCUT2D eigenvalue weighted by atomic mass is 127. The van der Waals surface area contributed by atoms with E-state index in [1.165, 1.54) is 0 Å². The van der Waals surface area contributed by atoms with Crippen molar-refractivity contribution >= 4 is 35.6 Å². The summed E-state index contributed by atoms with van der Waals surface area (Å²) < 4.78 is 5.59. The van der Waals surface area contributed by atoms with Gasteiger partial charge < -0.3 is 24.6 Å². The third kappa shape index (κ3) is 5.31. The molecular formula is C20H29IN4O2. The van der Waals surface area contributed by atoms with Gasteiger partial charge in [-0.3, -0.25) is 0 Å². The topological polar surface area (TPSA) is 64.2 Å². The molecule has 3 rings (SSSR count). The highest BCUT2D eigenvalue weighted by Crippen LogP contribution is 2.27. The zero-order chi connectivity index (χ0) is 18.5. The van der Waals surface area contributed by atoms with Gasteiger partial charge in [-0.15, -0.1) is 24.0 Å². The quantitative estimate of drug-likeness (QED) is 0.395. The molecule has 0 radical (unpaired) electrons. The molecule has 0 amide bonds. The number of nitrogens with one attached hydrogen (secondary N) is 1. The molecule has 2 N–H and O–H groups in total. The van der Waals surface area contributed by atoms with Gasteiger partial charge in [0.05, 0.1) is 12.2 Å². The third-order valence-electron chi connectivity index (χ3n) is 4.68. The van der Waals surface area contributed by atoms with E-state index in [2.05, 4.69) is 28.1 Å². The predicted octanol–water partition coefficient (Wildman–Crippen LogP) is 3.51. The molecular weight excluding hydrogens is 455 g/mol. The van der Waals surface area contributed by atoms with Crippen molar-refractivity contribution in [2.75, 3.05) is 37.6 Å². The second-order valence-corrected chi connectivity index (χ2v) is 6.57. The normalized spacial score (nSPS) is 14.9. The van der Waals surface area contributed by atoms with E-state index in [1.54, 1.807) is 6.07 Å². The highest BCUT2D eigenvalue weighted by molar-refractivity contribution is 14.0. The monoisotopic (exact) mass is 484 g/mol. The number of para-hydroxylation sites is 2. The molecule has 1 aromatic heterocycles. The Morgan fingerprint density at radius 1 is 1.19 bits per heavy atom. The molecule has 148 valence electrons. The van der Waals surface area contributed by atoms with Crippen molar-refractivity contribution in [1.82, 2.24) is 10.2 Å². The third-order valence-corrected chi connectivity index (χ3v) is 4.68. The Morgan fingerprint density at radius 2 is 1.89 bits per heavy atom. The number of hydrogen-bond acceptors (Lipinski definition) is 4. The number of piperazine rings is 1. The molecule has 27 heavy (non-hydrogen) atoms. The molecule has 2 aromatic rings. The highest BCUT2D eigenvalue weighted by Gasteiger charge is 2.21. The summed E-state index contributed by atoms with van der Waals surface area (Å²) in [5, 5.41) is 13.5. The molecule has 2 heterocycles. The van der Waals surface area contributed by atoms with E-state index in [1.807, 2.05) is 32.0 Å². The van der Waals surface area contributed by atoms with Crippen LogP contribution in [0.1, 0.15) is 24.0 Å². The number of aromatic hydroxyl groups is 1. The van der Waals surface area contributed by atoms with Crippen LogP contribution in [0.15, 0.2) is 39.7 Å². The zero-order valence-electron chi connectivity index (χ0n) is 16.2. The second kappa shape index (κ2) is 9.87. The van der Waals surface area contributed by atoms with Crippen molar-refractivity contribution in [3.05, 3.63) is 47.4 Å². The number of furan rings is 1. The summed E-state index contributed by atoms with van der Waals surface area (Å²) in [5.74, 6) is 3.13. The maximum Gasteiger partial charge on any atom is 0.194 e. The standard InChI is InChI=1S/C20H28N4O2.HI/c1-4-21-20(22-14-17-13-15(2)26-16(17)3)24-11-9-23(10-12-24)18-7-5-6-8-19(18)25;/h5-8,13,25H,4,9-12,14H2,1-3H3,(H,21,22);1H. The first kappa shape index (κ1) is 21.4. The van der Waals surface area contributed by atoms with Crippen LogP contribution < -0.4 is 10.2 Å². The number of halogens is 1. The molecule has 0 saturated carbocycles. The molecule has 1 aliphatic rings. The zero-order valence-corrected chi connectivity index (χ0v) is 18.6.